The molecule has 0 radical (unpaired) electrons. The Hall–Kier alpha value is -1.95. The lowest BCUT2D eigenvalue weighted by Crippen LogP contribution is -2.37. The Balaban J connectivity index is 1.59. The van der Waals surface area contributed by atoms with Crippen molar-refractivity contribution in [1.29, 1.82) is 0 Å². The highest BCUT2D eigenvalue weighted by Crippen LogP contribution is 2.32. The monoisotopic (exact) mass is 340 g/mol. The third-order valence-electron chi connectivity index (χ3n) is 4.67. The van der Waals surface area contributed by atoms with Crippen LogP contribution in [0, 0.1) is 6.92 Å². The van der Waals surface area contributed by atoms with Gasteiger partial charge in [-0.1, -0.05) is 30.3 Å². The molecular weight excluding hydrogens is 320 g/mol. The molecule has 4 rings (SSSR count). The minimum absolute atomic E-state index is 0.0243. The lowest BCUT2D eigenvalue weighted by molar-refractivity contribution is 0.106. The van der Waals surface area contributed by atoms with Crippen molar-refractivity contribution >= 4 is 11.3 Å². The number of oxazole rings is 1. The van der Waals surface area contributed by atoms with Crippen molar-refractivity contribution in [3.05, 3.63) is 64.4 Å². The molecular formula is C19H20N2O2S. The minimum Gasteiger partial charge on any atom is -0.440 e. The molecule has 3 aromatic rings. The van der Waals surface area contributed by atoms with Crippen LogP contribution in [0.1, 0.15) is 28.6 Å². The number of hydrogen-bond acceptors (Lipinski definition) is 5. The smallest absolute Gasteiger partial charge is 0.236 e. The Bertz CT molecular complexity index is 826. The van der Waals surface area contributed by atoms with Crippen LogP contribution in [0.2, 0.25) is 0 Å². The topological polar surface area (TPSA) is 49.5 Å². The normalized spacial score (nSPS) is 17.8. The average Bonchev–Trinajstić information content (AvgIpc) is 3.25. The molecule has 0 aliphatic carbocycles. The first-order valence-electron chi connectivity index (χ1n) is 8.19. The predicted molar refractivity (Wildman–Crippen MR) is 94.9 cm³/mol. The van der Waals surface area contributed by atoms with Gasteiger partial charge in [-0.15, -0.1) is 11.3 Å². The van der Waals surface area contributed by atoms with Crippen molar-refractivity contribution in [2.75, 3.05) is 13.2 Å². The summed E-state index contributed by atoms with van der Waals surface area (Å²) in [5.74, 6) is 1.55. The van der Waals surface area contributed by atoms with Crippen LogP contribution in [0.4, 0.5) is 0 Å². The maximum atomic E-state index is 9.93. The molecule has 0 saturated carbocycles. The molecule has 0 spiro atoms. The van der Waals surface area contributed by atoms with E-state index in [-0.39, 0.29) is 12.6 Å². The standard InChI is InChI=1S/C19H20N2O2S/c1-13-16(20-19(23-13)18-7-4-10-24-18)11-21-9-8-14-5-2-3-6-15(14)17(21)12-22/h2-7,10,17,22H,8-9,11-12H2,1H3. The van der Waals surface area contributed by atoms with Crippen LogP contribution in [0.25, 0.3) is 10.8 Å². The molecule has 0 amide bonds. The third-order valence-corrected chi connectivity index (χ3v) is 5.53. The van der Waals surface area contributed by atoms with Crippen LogP contribution in [-0.4, -0.2) is 28.1 Å². The lowest BCUT2D eigenvalue weighted by atomic mass is 9.93. The van der Waals surface area contributed by atoms with Gasteiger partial charge in [0.15, 0.2) is 0 Å². The summed E-state index contributed by atoms with van der Waals surface area (Å²) in [6.07, 6.45) is 1.00. The van der Waals surface area contributed by atoms with E-state index in [1.165, 1.54) is 11.1 Å². The maximum absolute atomic E-state index is 9.93. The van der Waals surface area contributed by atoms with Crippen LogP contribution in [0.3, 0.4) is 0 Å². The number of aryl methyl sites for hydroxylation is 1. The summed E-state index contributed by atoms with van der Waals surface area (Å²) in [7, 11) is 0. The summed E-state index contributed by atoms with van der Waals surface area (Å²) in [5.41, 5.74) is 3.52. The SMILES string of the molecule is Cc1oc(-c2cccs2)nc1CN1CCc2ccccc2C1CO. The average molecular weight is 340 g/mol. The quantitative estimate of drug-likeness (QED) is 0.785. The zero-order chi connectivity index (χ0) is 16.5. The van der Waals surface area contributed by atoms with Gasteiger partial charge in [-0.25, -0.2) is 4.98 Å². The zero-order valence-corrected chi connectivity index (χ0v) is 14.4. The van der Waals surface area contributed by atoms with E-state index < -0.39 is 0 Å². The van der Waals surface area contributed by atoms with Crippen LogP contribution >= 0.6 is 11.3 Å². The zero-order valence-electron chi connectivity index (χ0n) is 13.6. The Morgan fingerprint density at radius 3 is 2.96 bits per heavy atom. The molecule has 3 heterocycles. The number of benzene rings is 1. The molecule has 1 aromatic carbocycles. The molecule has 2 aromatic heterocycles. The number of hydrogen-bond donors (Lipinski definition) is 1. The van der Waals surface area contributed by atoms with Crippen molar-refractivity contribution in [1.82, 2.24) is 9.88 Å². The summed E-state index contributed by atoms with van der Waals surface area (Å²) < 4.78 is 5.85. The molecule has 1 aliphatic heterocycles. The molecule has 4 nitrogen and oxygen atoms in total. The highest BCUT2D eigenvalue weighted by atomic mass is 32.1. The number of thiophene rings is 1. The van der Waals surface area contributed by atoms with E-state index >= 15 is 0 Å². The second-order valence-corrected chi connectivity index (χ2v) is 7.06. The molecule has 1 N–H and O–H groups in total. The fourth-order valence-corrected chi connectivity index (χ4v) is 4.03. The van der Waals surface area contributed by atoms with Crippen LogP contribution in [-0.2, 0) is 13.0 Å². The molecule has 24 heavy (non-hydrogen) atoms. The Morgan fingerprint density at radius 1 is 1.29 bits per heavy atom. The van der Waals surface area contributed by atoms with E-state index in [1.807, 2.05) is 30.5 Å². The number of aliphatic hydroxyl groups is 1. The molecule has 0 fully saturated rings. The summed E-state index contributed by atoms with van der Waals surface area (Å²) in [6, 6.07) is 12.4. The van der Waals surface area contributed by atoms with Gasteiger partial charge in [0.25, 0.3) is 0 Å². The fourth-order valence-electron chi connectivity index (χ4n) is 3.38. The van der Waals surface area contributed by atoms with Gasteiger partial charge in [-0.3, -0.25) is 4.90 Å². The van der Waals surface area contributed by atoms with Gasteiger partial charge >= 0.3 is 0 Å². The molecule has 1 unspecified atom stereocenters. The number of nitrogens with zero attached hydrogens (tertiary/aromatic N) is 2. The Morgan fingerprint density at radius 2 is 2.17 bits per heavy atom. The molecule has 124 valence electrons. The second-order valence-electron chi connectivity index (χ2n) is 6.12. The number of fused-ring (bicyclic) bond motifs is 1. The van der Waals surface area contributed by atoms with Gasteiger partial charge in [-0.05, 0) is 35.9 Å². The summed E-state index contributed by atoms with van der Waals surface area (Å²) in [4.78, 5) is 8.04. The van der Waals surface area contributed by atoms with Gasteiger partial charge in [0.2, 0.25) is 5.89 Å². The van der Waals surface area contributed by atoms with E-state index in [2.05, 4.69) is 23.1 Å². The summed E-state index contributed by atoms with van der Waals surface area (Å²) in [5, 5.41) is 12.0. The van der Waals surface area contributed by atoms with Crippen LogP contribution in [0.15, 0.2) is 46.2 Å². The van der Waals surface area contributed by atoms with E-state index in [9.17, 15) is 5.11 Å². The van der Waals surface area contributed by atoms with Crippen molar-refractivity contribution < 1.29 is 9.52 Å². The van der Waals surface area contributed by atoms with Gasteiger partial charge < -0.3 is 9.52 Å². The summed E-state index contributed by atoms with van der Waals surface area (Å²) >= 11 is 1.63. The maximum Gasteiger partial charge on any atom is 0.236 e. The second kappa shape index (κ2) is 6.51. The van der Waals surface area contributed by atoms with E-state index in [1.54, 1.807) is 11.3 Å². The van der Waals surface area contributed by atoms with Crippen molar-refractivity contribution in [3.8, 4) is 10.8 Å². The molecule has 5 heteroatoms. The highest BCUT2D eigenvalue weighted by Gasteiger charge is 2.28. The first-order valence-corrected chi connectivity index (χ1v) is 9.07. The number of aromatic nitrogens is 1. The highest BCUT2D eigenvalue weighted by molar-refractivity contribution is 7.13. The van der Waals surface area contributed by atoms with E-state index in [0.717, 1.165) is 29.3 Å². The van der Waals surface area contributed by atoms with Crippen LogP contribution in [0.5, 0.6) is 0 Å². The number of aliphatic hydroxyl groups excluding tert-OH is 1. The van der Waals surface area contributed by atoms with E-state index in [4.69, 9.17) is 9.40 Å². The first kappa shape index (κ1) is 15.6. The largest absolute Gasteiger partial charge is 0.440 e. The van der Waals surface area contributed by atoms with Crippen molar-refractivity contribution in [2.45, 2.75) is 25.9 Å². The van der Waals surface area contributed by atoms with Gasteiger partial charge in [-0.2, -0.15) is 0 Å². The third kappa shape index (κ3) is 2.79. The molecule has 0 bridgehead atoms. The van der Waals surface area contributed by atoms with Gasteiger partial charge in [0.1, 0.15) is 5.76 Å². The summed E-state index contributed by atoms with van der Waals surface area (Å²) in [6.45, 7) is 3.69. The van der Waals surface area contributed by atoms with Gasteiger partial charge in [0.05, 0.1) is 23.2 Å². The van der Waals surface area contributed by atoms with Crippen LogP contribution < -0.4 is 0 Å². The molecule has 1 atom stereocenters. The lowest BCUT2D eigenvalue weighted by Gasteiger charge is -2.35. The van der Waals surface area contributed by atoms with Gasteiger partial charge in [0, 0.05) is 13.1 Å². The number of rotatable bonds is 4. The van der Waals surface area contributed by atoms with E-state index in [0.29, 0.717) is 12.4 Å². The first-order chi connectivity index (χ1) is 11.8. The fraction of sp³-hybridized carbons (Fsp3) is 0.316. The predicted octanol–water partition coefficient (Wildman–Crippen LogP) is 3.80. The molecule has 0 saturated heterocycles. The van der Waals surface area contributed by atoms with Crippen molar-refractivity contribution in [2.24, 2.45) is 0 Å². The molecule has 1 aliphatic rings. The van der Waals surface area contributed by atoms with Crippen molar-refractivity contribution in [3.63, 3.8) is 0 Å². The Labute approximate surface area is 145 Å². The minimum atomic E-state index is 0.0243. The Kier molecular flexibility index (Phi) is 4.22.